The number of hydrogen-bond donors (Lipinski definition) is 1. The van der Waals surface area contributed by atoms with Crippen LogP contribution in [-0.2, 0) is 14.8 Å². The van der Waals surface area contributed by atoms with Crippen molar-refractivity contribution in [1.29, 1.82) is 0 Å². The van der Waals surface area contributed by atoms with Crippen LogP contribution < -0.4 is 9.88 Å². The van der Waals surface area contributed by atoms with Crippen molar-refractivity contribution in [1.82, 2.24) is 0 Å². The van der Waals surface area contributed by atoms with E-state index in [9.17, 15) is 8.42 Å². The molecule has 0 saturated heterocycles. The number of primary sulfonamides is 1. The average Bonchev–Trinajstić information content (AvgIpc) is 2.29. The van der Waals surface area contributed by atoms with E-state index >= 15 is 0 Å². The summed E-state index contributed by atoms with van der Waals surface area (Å²) in [5.41, 5.74) is 2.20. The van der Waals surface area contributed by atoms with E-state index in [-0.39, 0.29) is 12.4 Å². The maximum absolute atomic E-state index is 10.7. The number of aryl methyl sites for hydroxylation is 2. The van der Waals surface area contributed by atoms with Gasteiger partial charge >= 0.3 is 0 Å². The topological polar surface area (TPSA) is 78.6 Å². The molecule has 0 radical (unpaired) electrons. The highest BCUT2D eigenvalue weighted by molar-refractivity contribution is 9.10. The van der Waals surface area contributed by atoms with Crippen LogP contribution in [-0.4, -0.2) is 34.0 Å². The average molecular weight is 352 g/mol. The van der Waals surface area contributed by atoms with Gasteiger partial charge in [0.1, 0.15) is 12.4 Å². The van der Waals surface area contributed by atoms with Crippen LogP contribution in [0, 0.1) is 13.8 Å². The minimum atomic E-state index is -3.45. The molecule has 5 nitrogen and oxygen atoms in total. The molecule has 0 bridgehead atoms. The predicted octanol–water partition coefficient (Wildman–Crippen LogP) is 1.75. The van der Waals surface area contributed by atoms with E-state index in [0.29, 0.717) is 13.2 Å². The summed E-state index contributed by atoms with van der Waals surface area (Å²) < 4.78 is 33.0. The molecule has 0 atom stereocenters. The fraction of sp³-hybridized carbons (Fsp3) is 0.500. The zero-order valence-electron chi connectivity index (χ0n) is 11.0. The molecule has 0 saturated carbocycles. The van der Waals surface area contributed by atoms with Crippen LogP contribution in [0.3, 0.4) is 0 Å². The molecule has 1 aromatic rings. The second-order valence-electron chi connectivity index (χ2n) is 4.20. The lowest BCUT2D eigenvalue weighted by Crippen LogP contribution is -2.21. The molecular formula is C12H18BrNO4S. The molecular weight excluding hydrogens is 334 g/mol. The van der Waals surface area contributed by atoms with Crippen LogP contribution in [0.4, 0.5) is 0 Å². The van der Waals surface area contributed by atoms with E-state index in [0.717, 1.165) is 21.3 Å². The van der Waals surface area contributed by atoms with Gasteiger partial charge in [0.2, 0.25) is 10.0 Å². The van der Waals surface area contributed by atoms with Crippen molar-refractivity contribution >= 4 is 26.0 Å². The van der Waals surface area contributed by atoms with Crippen molar-refractivity contribution in [3.63, 3.8) is 0 Å². The van der Waals surface area contributed by atoms with Crippen molar-refractivity contribution in [2.75, 3.05) is 25.6 Å². The highest BCUT2D eigenvalue weighted by Gasteiger charge is 2.04. The first-order chi connectivity index (χ1) is 8.79. The quantitative estimate of drug-likeness (QED) is 0.759. The van der Waals surface area contributed by atoms with Crippen LogP contribution in [0.25, 0.3) is 0 Å². The molecule has 7 heteroatoms. The Balaban J connectivity index is 2.30. The van der Waals surface area contributed by atoms with Crippen molar-refractivity contribution < 1.29 is 17.9 Å². The molecule has 0 spiro atoms. The zero-order chi connectivity index (χ0) is 14.5. The van der Waals surface area contributed by atoms with Crippen LogP contribution in [0.15, 0.2) is 16.6 Å². The van der Waals surface area contributed by atoms with E-state index in [1.807, 2.05) is 26.0 Å². The van der Waals surface area contributed by atoms with Gasteiger partial charge in [-0.1, -0.05) is 15.9 Å². The Morgan fingerprint density at radius 1 is 1.16 bits per heavy atom. The normalized spacial score (nSPS) is 11.6. The van der Waals surface area contributed by atoms with Gasteiger partial charge in [0.15, 0.2) is 0 Å². The summed E-state index contributed by atoms with van der Waals surface area (Å²) >= 11 is 3.49. The fourth-order valence-corrected chi connectivity index (χ4v) is 2.06. The first-order valence-corrected chi connectivity index (χ1v) is 8.28. The van der Waals surface area contributed by atoms with Gasteiger partial charge in [0.05, 0.1) is 19.0 Å². The number of halogens is 1. The van der Waals surface area contributed by atoms with Crippen LogP contribution in [0.2, 0.25) is 0 Å². The van der Waals surface area contributed by atoms with E-state index in [1.54, 1.807) is 0 Å². The number of sulfonamides is 1. The third-order valence-electron chi connectivity index (χ3n) is 2.42. The lowest BCUT2D eigenvalue weighted by atomic mass is 10.1. The second-order valence-corrected chi connectivity index (χ2v) is 6.73. The lowest BCUT2D eigenvalue weighted by molar-refractivity contribution is 0.111. The minimum absolute atomic E-state index is 0.0839. The van der Waals surface area contributed by atoms with Crippen LogP contribution >= 0.6 is 15.9 Å². The summed E-state index contributed by atoms with van der Waals surface area (Å²) in [6.45, 7) is 4.76. The Morgan fingerprint density at radius 2 is 1.74 bits per heavy atom. The van der Waals surface area contributed by atoms with Crippen molar-refractivity contribution in [3.8, 4) is 5.75 Å². The highest BCUT2D eigenvalue weighted by atomic mass is 79.9. The molecule has 0 unspecified atom stereocenters. The molecule has 108 valence electrons. The molecule has 0 aromatic heterocycles. The highest BCUT2D eigenvalue weighted by Crippen LogP contribution is 2.26. The van der Waals surface area contributed by atoms with Gasteiger partial charge in [-0.2, -0.15) is 0 Å². The number of hydrogen-bond acceptors (Lipinski definition) is 4. The first kappa shape index (κ1) is 16.4. The van der Waals surface area contributed by atoms with E-state index in [1.165, 1.54) is 0 Å². The van der Waals surface area contributed by atoms with Gasteiger partial charge in [-0.25, -0.2) is 13.6 Å². The van der Waals surface area contributed by atoms with Gasteiger partial charge < -0.3 is 9.47 Å². The number of nitrogens with two attached hydrogens (primary N) is 1. The maximum atomic E-state index is 10.7. The van der Waals surface area contributed by atoms with Gasteiger partial charge in [-0.3, -0.25) is 0 Å². The van der Waals surface area contributed by atoms with Crippen molar-refractivity contribution in [2.24, 2.45) is 5.14 Å². The molecule has 0 heterocycles. The standard InChI is InChI=1S/C12H18BrNO4S/c1-9-7-11(8-10(2)12(9)13)18-4-3-17-5-6-19(14,15)16/h7-8H,3-6H2,1-2H3,(H2,14,15,16). The molecule has 0 aliphatic rings. The van der Waals surface area contributed by atoms with Gasteiger partial charge in [0, 0.05) is 4.47 Å². The summed E-state index contributed by atoms with van der Waals surface area (Å²) in [5.74, 6) is 0.594. The van der Waals surface area contributed by atoms with Crippen molar-refractivity contribution in [3.05, 3.63) is 27.7 Å². The van der Waals surface area contributed by atoms with E-state index < -0.39 is 10.0 Å². The molecule has 0 fully saturated rings. The Labute approximate surface area is 122 Å². The predicted molar refractivity (Wildman–Crippen MR) is 77.9 cm³/mol. The number of benzene rings is 1. The molecule has 19 heavy (non-hydrogen) atoms. The minimum Gasteiger partial charge on any atom is -0.491 e. The van der Waals surface area contributed by atoms with Gasteiger partial charge in [0.25, 0.3) is 0 Å². The molecule has 1 rings (SSSR count). The maximum Gasteiger partial charge on any atom is 0.211 e. The Kier molecular flexibility index (Phi) is 6.25. The summed E-state index contributed by atoms with van der Waals surface area (Å²) in [7, 11) is -3.45. The monoisotopic (exact) mass is 351 g/mol. The summed E-state index contributed by atoms with van der Waals surface area (Å²) in [4.78, 5) is 0. The SMILES string of the molecule is Cc1cc(OCCOCCS(N)(=O)=O)cc(C)c1Br. The van der Waals surface area contributed by atoms with E-state index in [2.05, 4.69) is 15.9 Å². The molecule has 1 aromatic carbocycles. The van der Waals surface area contributed by atoms with Crippen molar-refractivity contribution in [2.45, 2.75) is 13.8 Å². The first-order valence-electron chi connectivity index (χ1n) is 5.77. The fourth-order valence-electron chi connectivity index (χ4n) is 1.49. The van der Waals surface area contributed by atoms with E-state index in [4.69, 9.17) is 14.6 Å². The molecule has 0 aliphatic carbocycles. The Bertz CT molecular complexity index is 508. The zero-order valence-corrected chi connectivity index (χ0v) is 13.4. The Morgan fingerprint density at radius 3 is 2.26 bits per heavy atom. The lowest BCUT2D eigenvalue weighted by Gasteiger charge is -2.10. The summed E-state index contributed by atoms with van der Waals surface area (Å²) in [5, 5.41) is 4.85. The molecule has 0 aliphatic heterocycles. The smallest absolute Gasteiger partial charge is 0.211 e. The number of ether oxygens (including phenoxy) is 2. The third-order valence-corrected chi connectivity index (χ3v) is 4.41. The van der Waals surface area contributed by atoms with Gasteiger partial charge in [-0.05, 0) is 37.1 Å². The second kappa shape index (κ2) is 7.23. The van der Waals surface area contributed by atoms with Crippen LogP contribution in [0.5, 0.6) is 5.75 Å². The molecule has 2 N–H and O–H groups in total. The van der Waals surface area contributed by atoms with Gasteiger partial charge in [-0.15, -0.1) is 0 Å². The largest absolute Gasteiger partial charge is 0.491 e. The summed E-state index contributed by atoms with van der Waals surface area (Å²) in [6.07, 6.45) is 0. The Hall–Kier alpha value is -0.630. The van der Waals surface area contributed by atoms with Crippen LogP contribution in [0.1, 0.15) is 11.1 Å². The molecule has 0 amide bonds. The summed E-state index contributed by atoms with van der Waals surface area (Å²) in [6, 6.07) is 3.86. The number of rotatable bonds is 7. The third kappa shape index (κ3) is 6.38.